The minimum atomic E-state index is -0.821. The number of rotatable bonds is 2. The second kappa shape index (κ2) is 3.91. The average molecular weight is 232 g/mol. The number of fused-ring (bicyclic) bond motifs is 1. The van der Waals surface area contributed by atoms with Crippen molar-refractivity contribution in [3.05, 3.63) is 35.6 Å². The molecule has 0 unspecified atom stereocenters. The summed E-state index contributed by atoms with van der Waals surface area (Å²) in [6.07, 6.45) is 1.76. The fourth-order valence-corrected chi connectivity index (χ4v) is 2.02. The molecule has 0 fully saturated rings. The second-order valence-corrected chi connectivity index (χ2v) is 5.26. The van der Waals surface area contributed by atoms with Crippen molar-refractivity contribution in [1.82, 2.24) is 0 Å². The summed E-state index contributed by atoms with van der Waals surface area (Å²) in [5.74, 6) is -0.821. The maximum absolute atomic E-state index is 10.9. The number of carbonyl (C=O) groups is 1. The zero-order chi connectivity index (χ0) is 12.6. The van der Waals surface area contributed by atoms with Gasteiger partial charge in [-0.1, -0.05) is 32.9 Å². The number of hydrogen-bond donors (Lipinski definition) is 1. The van der Waals surface area contributed by atoms with E-state index in [4.69, 9.17) is 9.52 Å². The van der Waals surface area contributed by atoms with Crippen LogP contribution in [0, 0.1) is 0 Å². The van der Waals surface area contributed by atoms with Gasteiger partial charge >= 0.3 is 5.97 Å². The predicted octanol–water partition coefficient (Wildman–Crippen LogP) is 3.36. The number of benzene rings is 1. The molecule has 2 aromatic rings. The highest BCUT2D eigenvalue weighted by molar-refractivity contribution is 5.88. The molecule has 3 nitrogen and oxygen atoms in total. The lowest BCUT2D eigenvalue weighted by Gasteiger charge is -2.17. The first-order valence-corrected chi connectivity index (χ1v) is 5.61. The average Bonchev–Trinajstić information content (AvgIpc) is 2.60. The van der Waals surface area contributed by atoms with Gasteiger partial charge < -0.3 is 9.52 Å². The summed E-state index contributed by atoms with van der Waals surface area (Å²) in [4.78, 5) is 10.9. The van der Waals surface area contributed by atoms with E-state index < -0.39 is 5.97 Å². The van der Waals surface area contributed by atoms with Gasteiger partial charge in [-0.15, -0.1) is 0 Å². The van der Waals surface area contributed by atoms with Gasteiger partial charge in [-0.2, -0.15) is 0 Å². The highest BCUT2D eigenvalue weighted by atomic mass is 16.4. The fourth-order valence-electron chi connectivity index (χ4n) is 2.02. The van der Waals surface area contributed by atoms with Crippen LogP contribution in [0.2, 0.25) is 0 Å². The Morgan fingerprint density at radius 2 is 2.06 bits per heavy atom. The van der Waals surface area contributed by atoms with Crippen LogP contribution in [0.4, 0.5) is 0 Å². The lowest BCUT2D eigenvalue weighted by Crippen LogP contribution is -2.11. The summed E-state index contributed by atoms with van der Waals surface area (Å²) < 4.78 is 5.50. The molecule has 1 aromatic heterocycles. The van der Waals surface area contributed by atoms with Crippen molar-refractivity contribution >= 4 is 16.9 Å². The van der Waals surface area contributed by atoms with E-state index in [1.54, 1.807) is 6.26 Å². The molecule has 17 heavy (non-hydrogen) atoms. The van der Waals surface area contributed by atoms with E-state index in [2.05, 4.69) is 20.8 Å². The number of carboxylic acid groups (broad SMARTS) is 1. The van der Waals surface area contributed by atoms with Gasteiger partial charge in [0, 0.05) is 10.9 Å². The Kier molecular flexibility index (Phi) is 2.69. The molecular weight excluding hydrogens is 216 g/mol. The van der Waals surface area contributed by atoms with Crippen molar-refractivity contribution in [2.24, 2.45) is 0 Å². The van der Waals surface area contributed by atoms with Crippen LogP contribution in [0.1, 0.15) is 31.9 Å². The summed E-state index contributed by atoms with van der Waals surface area (Å²) in [5.41, 5.74) is 2.58. The highest BCUT2D eigenvalue weighted by Crippen LogP contribution is 2.33. The molecule has 2 rings (SSSR count). The van der Waals surface area contributed by atoms with Gasteiger partial charge in [0.05, 0.1) is 12.7 Å². The van der Waals surface area contributed by atoms with Crippen LogP contribution in [0.25, 0.3) is 11.0 Å². The molecule has 0 aliphatic carbocycles. The van der Waals surface area contributed by atoms with Crippen molar-refractivity contribution in [2.45, 2.75) is 32.6 Å². The normalized spacial score (nSPS) is 11.9. The topological polar surface area (TPSA) is 50.4 Å². The molecule has 90 valence electrons. The van der Waals surface area contributed by atoms with E-state index in [-0.39, 0.29) is 11.8 Å². The molecule has 0 amide bonds. The molecule has 0 spiro atoms. The monoisotopic (exact) mass is 232 g/mol. The molecule has 0 saturated heterocycles. The molecule has 0 aliphatic heterocycles. The zero-order valence-electron chi connectivity index (χ0n) is 10.3. The predicted molar refractivity (Wildman–Crippen MR) is 66.3 cm³/mol. The lowest BCUT2D eigenvalue weighted by atomic mass is 9.85. The third kappa shape index (κ3) is 2.18. The zero-order valence-corrected chi connectivity index (χ0v) is 10.3. The third-order valence-electron chi connectivity index (χ3n) is 2.84. The Labute approximate surface area is 100 Å². The number of furan rings is 1. The van der Waals surface area contributed by atoms with Crippen LogP contribution in [0.15, 0.2) is 28.9 Å². The van der Waals surface area contributed by atoms with Gasteiger partial charge in [0.25, 0.3) is 0 Å². The number of hydrogen-bond acceptors (Lipinski definition) is 2. The Bertz CT molecular complexity index is 558. The van der Waals surface area contributed by atoms with E-state index in [1.807, 2.05) is 18.2 Å². The molecule has 0 saturated carbocycles. The van der Waals surface area contributed by atoms with Crippen LogP contribution in [0.3, 0.4) is 0 Å². The fraction of sp³-hybridized carbons (Fsp3) is 0.357. The summed E-state index contributed by atoms with van der Waals surface area (Å²) in [7, 11) is 0. The van der Waals surface area contributed by atoms with Gasteiger partial charge in [-0.25, -0.2) is 0 Å². The standard InChI is InChI=1S/C14H16O3/c1-14(2,3)10-8-17-11-6-4-5-9(13(10)11)7-12(15)16/h4-6,8H,7H2,1-3H3,(H,15,16). The van der Waals surface area contributed by atoms with Crippen molar-refractivity contribution in [3.63, 3.8) is 0 Å². The molecule has 1 aromatic carbocycles. The van der Waals surface area contributed by atoms with E-state index in [9.17, 15) is 4.79 Å². The van der Waals surface area contributed by atoms with Gasteiger partial charge in [-0.05, 0) is 17.0 Å². The Morgan fingerprint density at radius 1 is 1.35 bits per heavy atom. The quantitative estimate of drug-likeness (QED) is 0.863. The van der Waals surface area contributed by atoms with Crippen LogP contribution < -0.4 is 0 Å². The van der Waals surface area contributed by atoms with Crippen LogP contribution >= 0.6 is 0 Å². The van der Waals surface area contributed by atoms with E-state index >= 15 is 0 Å². The maximum atomic E-state index is 10.9. The molecule has 0 aliphatic rings. The smallest absolute Gasteiger partial charge is 0.307 e. The summed E-state index contributed by atoms with van der Waals surface area (Å²) in [6, 6.07) is 5.55. The summed E-state index contributed by atoms with van der Waals surface area (Å²) >= 11 is 0. The van der Waals surface area contributed by atoms with Gasteiger partial charge in [0.1, 0.15) is 5.58 Å². The van der Waals surface area contributed by atoms with E-state index in [0.717, 1.165) is 22.1 Å². The molecule has 0 atom stereocenters. The van der Waals surface area contributed by atoms with Gasteiger partial charge in [0.2, 0.25) is 0 Å². The third-order valence-corrected chi connectivity index (χ3v) is 2.84. The first-order valence-electron chi connectivity index (χ1n) is 5.61. The Balaban J connectivity index is 2.68. The molecule has 0 radical (unpaired) electrons. The van der Waals surface area contributed by atoms with E-state index in [0.29, 0.717) is 0 Å². The number of aliphatic carboxylic acids is 1. The molecular formula is C14H16O3. The molecule has 1 N–H and O–H groups in total. The van der Waals surface area contributed by atoms with Crippen molar-refractivity contribution < 1.29 is 14.3 Å². The Morgan fingerprint density at radius 3 is 2.65 bits per heavy atom. The minimum absolute atomic E-state index is 0.0277. The van der Waals surface area contributed by atoms with Crippen molar-refractivity contribution in [2.75, 3.05) is 0 Å². The first kappa shape index (κ1) is 11.7. The van der Waals surface area contributed by atoms with Crippen molar-refractivity contribution in [3.8, 4) is 0 Å². The second-order valence-electron chi connectivity index (χ2n) is 5.26. The van der Waals surface area contributed by atoms with Crippen LogP contribution in [-0.2, 0) is 16.6 Å². The maximum Gasteiger partial charge on any atom is 0.307 e. The lowest BCUT2D eigenvalue weighted by molar-refractivity contribution is -0.136. The van der Waals surface area contributed by atoms with Crippen molar-refractivity contribution in [1.29, 1.82) is 0 Å². The molecule has 0 bridgehead atoms. The van der Waals surface area contributed by atoms with Crippen LogP contribution in [0.5, 0.6) is 0 Å². The molecule has 1 heterocycles. The highest BCUT2D eigenvalue weighted by Gasteiger charge is 2.22. The minimum Gasteiger partial charge on any atom is -0.481 e. The molecule has 3 heteroatoms. The van der Waals surface area contributed by atoms with E-state index in [1.165, 1.54) is 0 Å². The van der Waals surface area contributed by atoms with Gasteiger partial charge in [-0.3, -0.25) is 4.79 Å². The van der Waals surface area contributed by atoms with Gasteiger partial charge in [0.15, 0.2) is 0 Å². The Hall–Kier alpha value is -1.77. The largest absolute Gasteiger partial charge is 0.481 e. The SMILES string of the molecule is CC(C)(C)c1coc2cccc(CC(=O)O)c12. The summed E-state index contributed by atoms with van der Waals surface area (Å²) in [6.45, 7) is 6.28. The van der Waals surface area contributed by atoms with Crippen LogP contribution in [-0.4, -0.2) is 11.1 Å². The number of carboxylic acids is 1. The summed E-state index contributed by atoms with van der Waals surface area (Å²) in [5, 5.41) is 9.87. The first-order chi connectivity index (χ1) is 7.89.